The van der Waals surface area contributed by atoms with Crippen molar-refractivity contribution in [1.29, 1.82) is 0 Å². The zero-order chi connectivity index (χ0) is 13.8. The number of aryl methyl sites for hydroxylation is 1. The van der Waals surface area contributed by atoms with E-state index in [0.717, 1.165) is 11.1 Å². The van der Waals surface area contributed by atoms with E-state index in [4.69, 9.17) is 10.6 Å². The summed E-state index contributed by atoms with van der Waals surface area (Å²) >= 11 is 0. The SMILES string of the molecule is COc1ccccc1C(NN)c1cc(C)ccc1F. The standard InChI is InChI=1S/C15H17FN2O/c1-10-7-8-13(16)12(9-10)15(18-17)11-5-3-4-6-14(11)19-2/h3-9,15,18H,17H2,1-2H3. The highest BCUT2D eigenvalue weighted by Crippen LogP contribution is 2.31. The Bertz CT molecular complexity index is 572. The molecule has 0 radical (unpaired) electrons. The lowest BCUT2D eigenvalue weighted by atomic mass is 9.96. The molecule has 2 aromatic rings. The maximum absolute atomic E-state index is 14.0. The number of ether oxygens (including phenoxy) is 1. The van der Waals surface area contributed by atoms with Gasteiger partial charge in [-0.15, -0.1) is 0 Å². The maximum atomic E-state index is 14.0. The molecule has 0 amide bonds. The van der Waals surface area contributed by atoms with Crippen LogP contribution in [0.15, 0.2) is 42.5 Å². The second-order valence-corrected chi connectivity index (χ2v) is 4.37. The zero-order valence-corrected chi connectivity index (χ0v) is 11.0. The van der Waals surface area contributed by atoms with Crippen molar-refractivity contribution >= 4 is 0 Å². The highest BCUT2D eigenvalue weighted by molar-refractivity contribution is 5.42. The molecular formula is C15H17FN2O. The maximum Gasteiger partial charge on any atom is 0.128 e. The predicted molar refractivity (Wildman–Crippen MR) is 73.3 cm³/mol. The molecule has 100 valence electrons. The summed E-state index contributed by atoms with van der Waals surface area (Å²) in [5.74, 6) is 5.99. The van der Waals surface area contributed by atoms with Crippen LogP contribution in [0.25, 0.3) is 0 Å². The van der Waals surface area contributed by atoms with Gasteiger partial charge in [-0.05, 0) is 19.1 Å². The molecule has 3 N–H and O–H groups in total. The summed E-state index contributed by atoms with van der Waals surface area (Å²) in [5.41, 5.74) is 4.94. The van der Waals surface area contributed by atoms with Crippen LogP contribution in [-0.2, 0) is 0 Å². The van der Waals surface area contributed by atoms with E-state index in [9.17, 15) is 4.39 Å². The molecule has 3 nitrogen and oxygen atoms in total. The summed E-state index contributed by atoms with van der Waals surface area (Å²) in [7, 11) is 1.58. The van der Waals surface area contributed by atoms with E-state index in [1.165, 1.54) is 6.07 Å². The van der Waals surface area contributed by atoms with Crippen molar-refractivity contribution in [1.82, 2.24) is 5.43 Å². The fourth-order valence-corrected chi connectivity index (χ4v) is 2.14. The van der Waals surface area contributed by atoms with Crippen molar-refractivity contribution in [3.05, 3.63) is 65.0 Å². The van der Waals surface area contributed by atoms with Crippen molar-refractivity contribution in [2.45, 2.75) is 13.0 Å². The van der Waals surface area contributed by atoms with Crippen LogP contribution < -0.4 is 16.0 Å². The fourth-order valence-electron chi connectivity index (χ4n) is 2.14. The number of nitrogens with two attached hydrogens (primary N) is 1. The summed E-state index contributed by atoms with van der Waals surface area (Å²) in [6.45, 7) is 1.92. The molecule has 0 saturated carbocycles. The van der Waals surface area contributed by atoms with Crippen molar-refractivity contribution in [3.8, 4) is 5.75 Å². The normalized spacial score (nSPS) is 12.2. The van der Waals surface area contributed by atoms with E-state index in [1.54, 1.807) is 19.2 Å². The third-order valence-corrected chi connectivity index (χ3v) is 3.08. The minimum atomic E-state index is -0.448. The molecule has 4 heteroatoms. The van der Waals surface area contributed by atoms with Crippen LogP contribution in [0.4, 0.5) is 4.39 Å². The van der Waals surface area contributed by atoms with E-state index in [-0.39, 0.29) is 5.82 Å². The smallest absolute Gasteiger partial charge is 0.128 e. The van der Waals surface area contributed by atoms with Gasteiger partial charge in [-0.1, -0.05) is 35.9 Å². The Morgan fingerprint density at radius 1 is 1.16 bits per heavy atom. The highest BCUT2D eigenvalue weighted by atomic mass is 19.1. The molecular weight excluding hydrogens is 243 g/mol. The predicted octanol–water partition coefficient (Wildman–Crippen LogP) is 2.70. The number of methoxy groups -OCH3 is 1. The van der Waals surface area contributed by atoms with Crippen molar-refractivity contribution in [2.75, 3.05) is 7.11 Å². The first-order valence-electron chi connectivity index (χ1n) is 6.02. The third kappa shape index (κ3) is 2.75. The number of hydrogen-bond acceptors (Lipinski definition) is 3. The molecule has 0 saturated heterocycles. The van der Waals surface area contributed by atoms with Gasteiger partial charge in [-0.25, -0.2) is 9.82 Å². The lowest BCUT2D eigenvalue weighted by Gasteiger charge is -2.20. The lowest BCUT2D eigenvalue weighted by molar-refractivity contribution is 0.403. The van der Waals surface area contributed by atoms with Gasteiger partial charge < -0.3 is 4.74 Å². The average Bonchev–Trinajstić information content (AvgIpc) is 2.44. The average molecular weight is 260 g/mol. The first-order chi connectivity index (χ1) is 9.17. The Morgan fingerprint density at radius 2 is 1.89 bits per heavy atom. The largest absolute Gasteiger partial charge is 0.496 e. The number of benzene rings is 2. The molecule has 1 atom stereocenters. The zero-order valence-electron chi connectivity index (χ0n) is 11.0. The van der Waals surface area contributed by atoms with Crippen LogP contribution in [0, 0.1) is 12.7 Å². The molecule has 0 aromatic heterocycles. The van der Waals surface area contributed by atoms with Gasteiger partial charge in [0.15, 0.2) is 0 Å². The van der Waals surface area contributed by atoms with E-state index >= 15 is 0 Å². The van der Waals surface area contributed by atoms with Crippen molar-refractivity contribution in [3.63, 3.8) is 0 Å². The molecule has 2 aromatic carbocycles. The Hall–Kier alpha value is -1.91. The molecule has 0 spiro atoms. The van der Waals surface area contributed by atoms with Crippen molar-refractivity contribution < 1.29 is 9.13 Å². The van der Waals surface area contributed by atoms with Gasteiger partial charge in [0.05, 0.1) is 13.2 Å². The Balaban J connectivity index is 2.53. The molecule has 19 heavy (non-hydrogen) atoms. The Morgan fingerprint density at radius 3 is 2.58 bits per heavy atom. The minimum Gasteiger partial charge on any atom is -0.496 e. The molecule has 0 bridgehead atoms. The number of hydrogen-bond donors (Lipinski definition) is 2. The molecule has 0 fully saturated rings. The van der Waals surface area contributed by atoms with Crippen LogP contribution in [-0.4, -0.2) is 7.11 Å². The van der Waals surface area contributed by atoms with Crippen LogP contribution in [0.2, 0.25) is 0 Å². The third-order valence-electron chi connectivity index (χ3n) is 3.08. The van der Waals surface area contributed by atoms with Crippen LogP contribution >= 0.6 is 0 Å². The monoisotopic (exact) mass is 260 g/mol. The van der Waals surface area contributed by atoms with Gasteiger partial charge in [0, 0.05) is 11.1 Å². The summed E-state index contributed by atoms with van der Waals surface area (Å²) in [6, 6.07) is 11.9. The Kier molecular flexibility index (Phi) is 4.14. The van der Waals surface area contributed by atoms with Crippen LogP contribution in [0.3, 0.4) is 0 Å². The quantitative estimate of drug-likeness (QED) is 0.656. The van der Waals surface area contributed by atoms with Crippen molar-refractivity contribution in [2.24, 2.45) is 5.84 Å². The molecule has 0 aliphatic heterocycles. The summed E-state index contributed by atoms with van der Waals surface area (Å²) in [6.07, 6.45) is 0. The molecule has 1 unspecified atom stereocenters. The van der Waals surface area contributed by atoms with E-state index in [2.05, 4.69) is 5.43 Å². The van der Waals surface area contributed by atoms with Gasteiger partial charge in [0.2, 0.25) is 0 Å². The van der Waals surface area contributed by atoms with E-state index < -0.39 is 6.04 Å². The number of rotatable bonds is 4. The number of para-hydroxylation sites is 1. The van der Waals surface area contributed by atoms with E-state index in [0.29, 0.717) is 11.3 Å². The topological polar surface area (TPSA) is 47.3 Å². The van der Waals surface area contributed by atoms with Crippen LogP contribution in [0.1, 0.15) is 22.7 Å². The number of halogens is 1. The van der Waals surface area contributed by atoms with Gasteiger partial charge in [-0.2, -0.15) is 0 Å². The van der Waals surface area contributed by atoms with Gasteiger partial charge >= 0.3 is 0 Å². The summed E-state index contributed by atoms with van der Waals surface area (Å²) in [4.78, 5) is 0. The van der Waals surface area contributed by atoms with Gasteiger partial charge in [0.1, 0.15) is 11.6 Å². The number of hydrazine groups is 1. The first-order valence-corrected chi connectivity index (χ1v) is 6.02. The second-order valence-electron chi connectivity index (χ2n) is 4.37. The van der Waals surface area contributed by atoms with Gasteiger partial charge in [-0.3, -0.25) is 5.84 Å². The first kappa shape index (κ1) is 13.5. The fraction of sp³-hybridized carbons (Fsp3) is 0.200. The lowest BCUT2D eigenvalue weighted by Crippen LogP contribution is -2.30. The number of nitrogens with one attached hydrogen (secondary N) is 1. The molecule has 0 aliphatic carbocycles. The van der Waals surface area contributed by atoms with E-state index in [1.807, 2.05) is 31.2 Å². The molecule has 0 aliphatic rings. The second kappa shape index (κ2) is 5.82. The Labute approximate surface area is 112 Å². The summed E-state index contributed by atoms with van der Waals surface area (Å²) < 4.78 is 19.3. The minimum absolute atomic E-state index is 0.292. The molecule has 2 rings (SSSR count). The van der Waals surface area contributed by atoms with Crippen LogP contribution in [0.5, 0.6) is 5.75 Å². The molecule has 0 heterocycles. The highest BCUT2D eigenvalue weighted by Gasteiger charge is 2.19. The van der Waals surface area contributed by atoms with Gasteiger partial charge in [0.25, 0.3) is 0 Å². The summed E-state index contributed by atoms with van der Waals surface area (Å²) in [5, 5.41) is 0.